The molecule has 1 aliphatic rings. The monoisotopic (exact) mass is 451 g/mol. The summed E-state index contributed by atoms with van der Waals surface area (Å²) in [5.74, 6) is 1.98. The van der Waals surface area contributed by atoms with E-state index in [2.05, 4.69) is 29.4 Å². The molecule has 3 heterocycles. The van der Waals surface area contributed by atoms with Crippen LogP contribution in [-0.4, -0.2) is 34.8 Å². The molecule has 1 saturated heterocycles. The normalized spacial score (nSPS) is 14.5. The lowest BCUT2D eigenvalue weighted by atomic mass is 9.93. The van der Waals surface area contributed by atoms with Gasteiger partial charge in [0.15, 0.2) is 0 Å². The second kappa shape index (κ2) is 9.69. The quantitative estimate of drug-likeness (QED) is 0.579. The van der Waals surface area contributed by atoms with E-state index in [1.807, 2.05) is 43.0 Å². The molecule has 0 saturated carbocycles. The van der Waals surface area contributed by atoms with Gasteiger partial charge in [0.1, 0.15) is 21.4 Å². The number of furan rings is 1. The van der Waals surface area contributed by atoms with Crippen molar-refractivity contribution in [3.8, 4) is 10.6 Å². The van der Waals surface area contributed by atoms with Crippen molar-refractivity contribution in [2.24, 2.45) is 5.92 Å². The number of aromatic nitrogens is 1. The minimum absolute atomic E-state index is 0.0323. The minimum atomic E-state index is 0.0323. The maximum Gasteiger partial charge on any atom is 0.265 e. The molecule has 3 aromatic rings. The molecule has 0 unspecified atom stereocenters. The zero-order valence-corrected chi connectivity index (χ0v) is 19.6. The first-order valence-electron chi connectivity index (χ1n) is 11.0. The number of hydrogen-bond donors (Lipinski definition) is 1. The second-order valence-corrected chi connectivity index (χ2v) is 9.53. The molecule has 168 valence electrons. The van der Waals surface area contributed by atoms with Crippen molar-refractivity contribution in [2.45, 2.75) is 46.6 Å². The predicted octanol–water partition coefficient (Wildman–Crippen LogP) is 4.89. The molecule has 2 amide bonds. The van der Waals surface area contributed by atoms with Gasteiger partial charge in [-0.3, -0.25) is 9.59 Å². The minimum Gasteiger partial charge on any atom is -0.465 e. The standard InChI is InChI=1S/C25H29N3O3S/c1-16-4-7-20(8-5-16)24-27-18(3)23(32-24)25(30)28-12-10-19(11-13-28)14-22(29)26-15-21-9-6-17(2)31-21/h4-9,19H,10-15H2,1-3H3,(H,26,29). The topological polar surface area (TPSA) is 75.4 Å². The smallest absolute Gasteiger partial charge is 0.265 e. The maximum absolute atomic E-state index is 13.1. The van der Waals surface area contributed by atoms with Gasteiger partial charge in [-0.2, -0.15) is 0 Å². The van der Waals surface area contributed by atoms with Gasteiger partial charge in [0, 0.05) is 25.1 Å². The second-order valence-electron chi connectivity index (χ2n) is 8.53. The van der Waals surface area contributed by atoms with Gasteiger partial charge in [0.2, 0.25) is 5.91 Å². The summed E-state index contributed by atoms with van der Waals surface area (Å²) in [5, 5.41) is 3.81. The van der Waals surface area contributed by atoms with Crippen LogP contribution in [0.25, 0.3) is 10.6 Å². The molecule has 0 atom stereocenters. The van der Waals surface area contributed by atoms with Crippen LogP contribution < -0.4 is 5.32 Å². The number of thiazole rings is 1. The number of carbonyl (C=O) groups excluding carboxylic acids is 2. The summed E-state index contributed by atoms with van der Waals surface area (Å²) in [4.78, 5) is 32.7. The van der Waals surface area contributed by atoms with Crippen LogP contribution in [0.3, 0.4) is 0 Å². The molecule has 1 N–H and O–H groups in total. The van der Waals surface area contributed by atoms with Crippen LogP contribution in [0.5, 0.6) is 0 Å². The largest absolute Gasteiger partial charge is 0.465 e. The third kappa shape index (κ3) is 5.27. The SMILES string of the molecule is Cc1ccc(-c2nc(C)c(C(=O)N3CCC(CC(=O)NCc4ccc(C)o4)CC3)s2)cc1. The van der Waals surface area contributed by atoms with Gasteiger partial charge < -0.3 is 14.6 Å². The Balaban J connectivity index is 1.29. The number of benzene rings is 1. The fraction of sp³-hybridized carbons (Fsp3) is 0.400. The molecule has 6 nitrogen and oxygen atoms in total. The number of rotatable bonds is 6. The van der Waals surface area contributed by atoms with E-state index in [0.29, 0.717) is 36.9 Å². The summed E-state index contributed by atoms with van der Waals surface area (Å²) in [7, 11) is 0. The highest BCUT2D eigenvalue weighted by atomic mass is 32.1. The lowest BCUT2D eigenvalue weighted by molar-refractivity contribution is -0.122. The molecule has 4 rings (SSSR count). The van der Waals surface area contributed by atoms with Crippen molar-refractivity contribution < 1.29 is 14.0 Å². The molecule has 0 spiro atoms. The van der Waals surface area contributed by atoms with Crippen molar-refractivity contribution >= 4 is 23.2 Å². The van der Waals surface area contributed by atoms with E-state index < -0.39 is 0 Å². The Morgan fingerprint density at radius 2 is 1.81 bits per heavy atom. The molecule has 32 heavy (non-hydrogen) atoms. The molecule has 1 aliphatic heterocycles. The first-order valence-corrected chi connectivity index (χ1v) is 11.9. The van der Waals surface area contributed by atoms with Crippen molar-refractivity contribution in [1.82, 2.24) is 15.2 Å². The molecular formula is C25H29N3O3S. The number of nitrogens with one attached hydrogen (secondary N) is 1. The van der Waals surface area contributed by atoms with Gasteiger partial charge >= 0.3 is 0 Å². The van der Waals surface area contributed by atoms with Crippen LogP contribution in [0, 0.1) is 26.7 Å². The van der Waals surface area contributed by atoms with E-state index in [1.165, 1.54) is 16.9 Å². The molecule has 2 aromatic heterocycles. The zero-order valence-electron chi connectivity index (χ0n) is 18.8. The van der Waals surface area contributed by atoms with Gasteiger partial charge in [-0.1, -0.05) is 29.8 Å². The Morgan fingerprint density at radius 3 is 2.47 bits per heavy atom. The fourth-order valence-corrected chi connectivity index (χ4v) is 5.04. The Labute approximate surface area is 192 Å². The van der Waals surface area contributed by atoms with E-state index in [1.54, 1.807) is 0 Å². The van der Waals surface area contributed by atoms with Crippen molar-refractivity contribution in [1.29, 1.82) is 0 Å². The van der Waals surface area contributed by atoms with Gasteiger partial charge in [-0.25, -0.2) is 4.98 Å². The van der Waals surface area contributed by atoms with Crippen molar-refractivity contribution in [3.63, 3.8) is 0 Å². The number of amides is 2. The Kier molecular flexibility index (Phi) is 6.74. The molecule has 1 fully saturated rings. The van der Waals surface area contributed by atoms with E-state index >= 15 is 0 Å². The van der Waals surface area contributed by atoms with Crippen molar-refractivity contribution in [3.05, 3.63) is 64.1 Å². The van der Waals surface area contributed by atoms with Crippen LogP contribution in [-0.2, 0) is 11.3 Å². The average Bonchev–Trinajstić information content (AvgIpc) is 3.38. The summed E-state index contributed by atoms with van der Waals surface area (Å²) in [6, 6.07) is 12.0. The summed E-state index contributed by atoms with van der Waals surface area (Å²) >= 11 is 1.46. The van der Waals surface area contributed by atoms with E-state index in [-0.39, 0.29) is 11.8 Å². The summed E-state index contributed by atoms with van der Waals surface area (Å²) < 4.78 is 5.49. The summed E-state index contributed by atoms with van der Waals surface area (Å²) in [5.41, 5.74) is 3.02. The van der Waals surface area contributed by atoms with Crippen LogP contribution in [0.2, 0.25) is 0 Å². The number of piperidine rings is 1. The number of likely N-dealkylation sites (tertiary alicyclic amines) is 1. The lowest BCUT2D eigenvalue weighted by Gasteiger charge is -2.31. The third-order valence-corrected chi connectivity index (χ3v) is 7.12. The van der Waals surface area contributed by atoms with E-state index in [0.717, 1.165) is 40.6 Å². The Morgan fingerprint density at radius 1 is 1.09 bits per heavy atom. The van der Waals surface area contributed by atoms with Crippen LogP contribution in [0.4, 0.5) is 0 Å². The summed E-state index contributed by atoms with van der Waals surface area (Å²) in [6.07, 6.45) is 2.16. The lowest BCUT2D eigenvalue weighted by Crippen LogP contribution is -2.39. The molecule has 7 heteroatoms. The predicted molar refractivity (Wildman–Crippen MR) is 126 cm³/mol. The fourth-order valence-electron chi connectivity index (χ4n) is 4.00. The molecular weight excluding hydrogens is 422 g/mol. The Bertz CT molecular complexity index is 1090. The number of carbonyl (C=O) groups is 2. The molecule has 0 radical (unpaired) electrons. The van der Waals surface area contributed by atoms with Crippen LogP contribution in [0.1, 0.15) is 51.7 Å². The van der Waals surface area contributed by atoms with Gasteiger partial charge in [0.25, 0.3) is 5.91 Å². The van der Waals surface area contributed by atoms with E-state index in [4.69, 9.17) is 4.42 Å². The number of hydrogen-bond acceptors (Lipinski definition) is 5. The molecule has 1 aromatic carbocycles. The van der Waals surface area contributed by atoms with Crippen molar-refractivity contribution in [2.75, 3.05) is 13.1 Å². The van der Waals surface area contributed by atoms with E-state index in [9.17, 15) is 9.59 Å². The van der Waals surface area contributed by atoms with Gasteiger partial charge in [-0.05, 0) is 51.7 Å². The number of nitrogens with zero attached hydrogens (tertiary/aromatic N) is 2. The maximum atomic E-state index is 13.1. The first kappa shape index (κ1) is 22.3. The highest BCUT2D eigenvalue weighted by molar-refractivity contribution is 7.17. The first-order chi connectivity index (χ1) is 15.4. The van der Waals surface area contributed by atoms with Gasteiger partial charge in [0.05, 0.1) is 12.2 Å². The highest BCUT2D eigenvalue weighted by Crippen LogP contribution is 2.30. The average molecular weight is 452 g/mol. The molecule has 0 bridgehead atoms. The summed E-state index contributed by atoms with van der Waals surface area (Å²) in [6.45, 7) is 7.60. The van der Waals surface area contributed by atoms with Crippen LogP contribution in [0.15, 0.2) is 40.8 Å². The number of aryl methyl sites for hydroxylation is 3. The third-order valence-electron chi connectivity index (χ3n) is 5.92. The molecule has 0 aliphatic carbocycles. The highest BCUT2D eigenvalue weighted by Gasteiger charge is 2.27. The Hall–Kier alpha value is -2.93. The zero-order chi connectivity index (χ0) is 22.7. The van der Waals surface area contributed by atoms with Gasteiger partial charge in [-0.15, -0.1) is 11.3 Å². The van der Waals surface area contributed by atoms with Crippen LogP contribution >= 0.6 is 11.3 Å².